The summed E-state index contributed by atoms with van der Waals surface area (Å²) in [6.45, 7) is 0.349. The highest BCUT2D eigenvalue weighted by atomic mass is 16.5. The van der Waals surface area contributed by atoms with Crippen molar-refractivity contribution in [2.45, 2.75) is 18.4 Å². The Balaban J connectivity index is 2.34. The molecule has 7 heteroatoms. The zero-order valence-corrected chi connectivity index (χ0v) is 8.56. The fraction of sp³-hybridized carbons (Fsp3) is 0.667. The van der Waals surface area contributed by atoms with Crippen molar-refractivity contribution in [1.29, 1.82) is 0 Å². The highest BCUT2D eigenvalue weighted by Gasteiger charge is 2.52. The molecule has 2 saturated heterocycles. The van der Waals surface area contributed by atoms with Gasteiger partial charge in [-0.1, -0.05) is 0 Å². The third-order valence-electron chi connectivity index (χ3n) is 2.99. The topological polar surface area (TPSA) is 95.9 Å². The molecule has 2 N–H and O–H groups in total. The molecule has 2 aliphatic rings. The molecule has 0 aliphatic carbocycles. The molecule has 0 spiro atoms. The van der Waals surface area contributed by atoms with Gasteiger partial charge in [0.2, 0.25) is 0 Å². The van der Waals surface area contributed by atoms with Gasteiger partial charge in [-0.15, -0.1) is 0 Å². The van der Waals surface area contributed by atoms with Gasteiger partial charge in [-0.3, -0.25) is 4.79 Å². The predicted molar refractivity (Wildman–Crippen MR) is 50.7 cm³/mol. The highest BCUT2D eigenvalue weighted by Crippen LogP contribution is 2.30. The molecular formula is C9H12N2O5. The van der Waals surface area contributed by atoms with E-state index in [4.69, 9.17) is 4.74 Å². The minimum atomic E-state index is -1.43. The molecule has 88 valence electrons. The fourth-order valence-electron chi connectivity index (χ4n) is 2.10. The maximum absolute atomic E-state index is 11.5. The van der Waals surface area contributed by atoms with Crippen molar-refractivity contribution < 1.29 is 24.2 Å². The van der Waals surface area contributed by atoms with Gasteiger partial charge >= 0.3 is 12.0 Å². The first kappa shape index (κ1) is 10.9. The summed E-state index contributed by atoms with van der Waals surface area (Å²) in [6.07, 6.45) is 0.281. The smallest absolute Gasteiger partial charge is 0.330 e. The van der Waals surface area contributed by atoms with E-state index in [1.165, 1.54) is 0 Å². The number of imide groups is 1. The van der Waals surface area contributed by atoms with E-state index in [1.54, 1.807) is 0 Å². The number of carboxylic acid groups (broad SMARTS) is 1. The number of carbonyl (C=O) groups is 3. The van der Waals surface area contributed by atoms with Crippen molar-refractivity contribution in [3.63, 3.8) is 0 Å². The van der Waals surface area contributed by atoms with Crippen molar-refractivity contribution in [3.8, 4) is 0 Å². The Kier molecular flexibility index (Phi) is 2.55. The van der Waals surface area contributed by atoms with Crippen molar-refractivity contribution in [3.05, 3.63) is 0 Å². The van der Waals surface area contributed by atoms with Gasteiger partial charge in [-0.25, -0.2) is 14.5 Å². The molecule has 2 aliphatic heterocycles. The fourth-order valence-corrected chi connectivity index (χ4v) is 2.10. The molecule has 0 radical (unpaired) electrons. The average Bonchev–Trinajstić information content (AvgIpc) is 2.60. The van der Waals surface area contributed by atoms with Gasteiger partial charge in [0.15, 0.2) is 5.54 Å². The van der Waals surface area contributed by atoms with Gasteiger partial charge in [-0.2, -0.15) is 0 Å². The van der Waals surface area contributed by atoms with Crippen LogP contribution in [0.5, 0.6) is 0 Å². The second-order valence-corrected chi connectivity index (χ2v) is 3.84. The lowest BCUT2D eigenvalue weighted by Crippen LogP contribution is -2.60. The summed E-state index contributed by atoms with van der Waals surface area (Å²) in [4.78, 5) is 35.2. The Labute approximate surface area is 91.3 Å². The number of ether oxygens (including phenoxy) is 1. The first-order valence-electron chi connectivity index (χ1n) is 5.00. The minimum Gasteiger partial charge on any atom is -0.479 e. The predicted octanol–water partition coefficient (Wildman–Crippen LogP) is -0.828. The summed E-state index contributed by atoms with van der Waals surface area (Å²) < 4.78 is 5.07. The standard InChI is InChI=1S/C9H12N2O5/c12-6-5-10-8(15)11(6)9(7(13)14)1-3-16-4-2-9/h1-5H2,(H,10,15)(H,13,14). The summed E-state index contributed by atoms with van der Waals surface area (Å²) >= 11 is 0. The van der Waals surface area contributed by atoms with Crippen LogP contribution in [0.15, 0.2) is 0 Å². The van der Waals surface area contributed by atoms with Crippen molar-refractivity contribution >= 4 is 17.9 Å². The van der Waals surface area contributed by atoms with Crippen molar-refractivity contribution in [2.75, 3.05) is 19.8 Å². The SMILES string of the molecule is O=C1CNC(=O)N1C1(C(=O)O)CCOCC1. The molecule has 0 atom stereocenters. The second-order valence-electron chi connectivity index (χ2n) is 3.84. The zero-order valence-electron chi connectivity index (χ0n) is 8.56. The molecule has 2 heterocycles. The van der Waals surface area contributed by atoms with Gasteiger partial charge in [0.25, 0.3) is 5.91 Å². The molecule has 0 aromatic heterocycles. The minimum absolute atomic E-state index is 0.130. The lowest BCUT2D eigenvalue weighted by molar-refractivity contribution is -0.160. The number of amides is 3. The van der Waals surface area contributed by atoms with Crippen molar-refractivity contribution in [1.82, 2.24) is 10.2 Å². The van der Waals surface area contributed by atoms with E-state index in [9.17, 15) is 19.5 Å². The van der Waals surface area contributed by atoms with Gasteiger partial charge in [0.1, 0.15) is 0 Å². The maximum Gasteiger partial charge on any atom is 0.330 e. The van der Waals surface area contributed by atoms with E-state index < -0.39 is 23.4 Å². The first-order valence-corrected chi connectivity index (χ1v) is 5.00. The molecule has 0 bridgehead atoms. The largest absolute Gasteiger partial charge is 0.479 e. The number of aliphatic carboxylic acids is 1. The monoisotopic (exact) mass is 228 g/mol. The summed E-state index contributed by atoms with van der Waals surface area (Å²) in [5, 5.41) is 11.6. The third kappa shape index (κ3) is 1.44. The van der Waals surface area contributed by atoms with E-state index in [2.05, 4.69) is 5.32 Å². The number of carboxylic acids is 1. The number of hydrogen-bond acceptors (Lipinski definition) is 4. The Morgan fingerprint density at radius 3 is 2.44 bits per heavy atom. The lowest BCUT2D eigenvalue weighted by Gasteiger charge is -2.38. The molecule has 2 fully saturated rings. The van der Waals surface area contributed by atoms with Crippen LogP contribution in [0, 0.1) is 0 Å². The Bertz CT molecular complexity index is 332. The summed E-state index contributed by atoms with van der Waals surface area (Å²) in [7, 11) is 0. The number of carbonyl (C=O) groups excluding carboxylic acids is 2. The second kappa shape index (κ2) is 3.75. The van der Waals surface area contributed by atoms with Crippen LogP contribution in [0.4, 0.5) is 4.79 Å². The Morgan fingerprint density at radius 2 is 2.00 bits per heavy atom. The van der Waals surface area contributed by atoms with Crippen LogP contribution in [0.2, 0.25) is 0 Å². The molecule has 16 heavy (non-hydrogen) atoms. The Morgan fingerprint density at radius 1 is 1.38 bits per heavy atom. The normalized spacial score (nSPS) is 24.4. The van der Waals surface area contributed by atoms with Crippen LogP contribution < -0.4 is 5.32 Å². The number of nitrogens with zero attached hydrogens (tertiary/aromatic N) is 1. The van der Waals surface area contributed by atoms with Crippen molar-refractivity contribution in [2.24, 2.45) is 0 Å². The van der Waals surface area contributed by atoms with Crippen LogP contribution >= 0.6 is 0 Å². The van der Waals surface area contributed by atoms with Crippen LogP contribution in [-0.2, 0) is 14.3 Å². The van der Waals surface area contributed by atoms with E-state index in [0.29, 0.717) is 0 Å². The molecule has 0 unspecified atom stereocenters. The number of hydrogen-bond donors (Lipinski definition) is 2. The van der Waals surface area contributed by atoms with E-state index in [1.807, 2.05) is 0 Å². The van der Waals surface area contributed by atoms with Crippen LogP contribution in [0.25, 0.3) is 0 Å². The van der Waals surface area contributed by atoms with E-state index in [0.717, 1.165) is 4.90 Å². The number of urea groups is 1. The molecular weight excluding hydrogens is 216 g/mol. The van der Waals surface area contributed by atoms with Gasteiger partial charge in [-0.05, 0) is 0 Å². The maximum atomic E-state index is 11.5. The van der Waals surface area contributed by atoms with Crippen LogP contribution in [-0.4, -0.2) is 53.2 Å². The lowest BCUT2D eigenvalue weighted by atomic mass is 9.88. The third-order valence-corrected chi connectivity index (χ3v) is 2.99. The number of nitrogens with one attached hydrogen (secondary N) is 1. The summed E-state index contributed by atoms with van der Waals surface area (Å²) in [6, 6.07) is -0.630. The van der Waals surface area contributed by atoms with Gasteiger partial charge < -0.3 is 15.2 Å². The molecule has 0 aromatic rings. The number of rotatable bonds is 2. The van der Waals surface area contributed by atoms with E-state index >= 15 is 0 Å². The van der Waals surface area contributed by atoms with Crippen LogP contribution in [0.1, 0.15) is 12.8 Å². The van der Waals surface area contributed by atoms with E-state index in [-0.39, 0.29) is 32.6 Å². The highest BCUT2D eigenvalue weighted by molar-refractivity contribution is 6.06. The quantitative estimate of drug-likeness (QED) is 0.601. The van der Waals surface area contributed by atoms with Crippen LogP contribution in [0.3, 0.4) is 0 Å². The molecule has 0 saturated carbocycles. The average molecular weight is 228 g/mol. The first-order chi connectivity index (χ1) is 7.58. The molecule has 0 aromatic carbocycles. The van der Waals surface area contributed by atoms with Gasteiger partial charge in [0.05, 0.1) is 6.54 Å². The zero-order chi connectivity index (χ0) is 11.8. The summed E-state index contributed by atoms with van der Waals surface area (Å²) in [5.74, 6) is -1.64. The molecule has 3 amide bonds. The molecule has 7 nitrogen and oxygen atoms in total. The summed E-state index contributed by atoms with van der Waals surface area (Å²) in [5.41, 5.74) is -1.43. The Hall–Kier alpha value is -1.63. The molecule has 2 rings (SSSR count). The van der Waals surface area contributed by atoms with Gasteiger partial charge in [0, 0.05) is 26.1 Å².